The second-order valence-electron chi connectivity index (χ2n) is 4.16. The number of phenols is 1. The molecule has 0 aromatic heterocycles. The molecule has 0 unspecified atom stereocenters. The highest BCUT2D eigenvalue weighted by molar-refractivity contribution is 7.87. The number of benzene rings is 1. The van der Waals surface area contributed by atoms with Crippen molar-refractivity contribution in [2.24, 2.45) is 0 Å². The Kier molecular flexibility index (Phi) is 3.66. The van der Waals surface area contributed by atoms with Gasteiger partial charge in [-0.15, -0.1) is 5.06 Å². The molecule has 0 bridgehead atoms. The standard InChI is InChI=1S/C11H9NO8S/c13-7-3-1-6(2-4-7)11(16)20-12-9(14)5-8(10(12)15)21(17,18)19/h1-4,8,13H,5H2,(H,17,18,19)/t8-/m1/s1. The lowest BCUT2D eigenvalue weighted by Crippen LogP contribution is -2.36. The second kappa shape index (κ2) is 5.14. The molecule has 112 valence electrons. The van der Waals surface area contributed by atoms with Crippen molar-refractivity contribution in [3.05, 3.63) is 29.8 Å². The molecule has 1 aliphatic heterocycles. The monoisotopic (exact) mass is 315 g/mol. The predicted molar refractivity (Wildman–Crippen MR) is 65.3 cm³/mol. The third-order valence-corrected chi connectivity index (χ3v) is 3.79. The molecule has 1 aromatic carbocycles. The number of aromatic hydroxyl groups is 1. The normalized spacial score (nSPS) is 18.9. The third kappa shape index (κ3) is 3.01. The molecule has 1 heterocycles. The summed E-state index contributed by atoms with van der Waals surface area (Å²) in [7, 11) is -4.76. The van der Waals surface area contributed by atoms with Crippen molar-refractivity contribution in [1.82, 2.24) is 5.06 Å². The van der Waals surface area contributed by atoms with Crippen molar-refractivity contribution in [1.29, 1.82) is 0 Å². The zero-order valence-corrected chi connectivity index (χ0v) is 11.1. The maximum Gasteiger partial charge on any atom is 0.363 e. The molecule has 0 saturated carbocycles. The van der Waals surface area contributed by atoms with E-state index >= 15 is 0 Å². The summed E-state index contributed by atoms with van der Waals surface area (Å²) >= 11 is 0. The molecular formula is C11H9NO8S. The van der Waals surface area contributed by atoms with E-state index in [1.54, 1.807) is 0 Å². The van der Waals surface area contributed by atoms with Crippen LogP contribution in [0.3, 0.4) is 0 Å². The molecule has 2 amide bonds. The lowest BCUT2D eigenvalue weighted by molar-refractivity contribution is -0.172. The van der Waals surface area contributed by atoms with Gasteiger partial charge in [-0.05, 0) is 24.3 Å². The Labute approximate surface area is 118 Å². The van der Waals surface area contributed by atoms with Crippen LogP contribution in [-0.4, -0.2) is 46.2 Å². The molecule has 1 aromatic rings. The van der Waals surface area contributed by atoms with Gasteiger partial charge < -0.3 is 9.94 Å². The minimum Gasteiger partial charge on any atom is -0.508 e. The van der Waals surface area contributed by atoms with Gasteiger partial charge in [0.25, 0.3) is 21.9 Å². The number of imide groups is 1. The summed E-state index contributed by atoms with van der Waals surface area (Å²) < 4.78 is 30.6. The van der Waals surface area contributed by atoms with Gasteiger partial charge in [0, 0.05) is 0 Å². The highest BCUT2D eigenvalue weighted by atomic mass is 32.2. The number of amides is 2. The van der Waals surface area contributed by atoms with Gasteiger partial charge in [-0.2, -0.15) is 8.42 Å². The van der Waals surface area contributed by atoms with Gasteiger partial charge in [-0.25, -0.2) is 4.79 Å². The van der Waals surface area contributed by atoms with Crippen LogP contribution in [0.5, 0.6) is 5.75 Å². The van der Waals surface area contributed by atoms with Crippen molar-refractivity contribution in [2.45, 2.75) is 11.7 Å². The number of carbonyl (C=O) groups is 3. The average molecular weight is 315 g/mol. The van der Waals surface area contributed by atoms with Crippen molar-refractivity contribution in [2.75, 3.05) is 0 Å². The molecule has 1 atom stereocenters. The molecule has 2 N–H and O–H groups in total. The molecule has 0 radical (unpaired) electrons. The molecule has 10 heteroatoms. The van der Waals surface area contributed by atoms with Crippen molar-refractivity contribution in [3.63, 3.8) is 0 Å². The molecule has 2 rings (SSSR count). The lowest BCUT2D eigenvalue weighted by Gasteiger charge is -2.13. The zero-order chi connectivity index (χ0) is 15.8. The van der Waals surface area contributed by atoms with Crippen LogP contribution in [0.4, 0.5) is 0 Å². The fourth-order valence-corrected chi connectivity index (χ4v) is 2.35. The van der Waals surface area contributed by atoms with Gasteiger partial charge in [0.15, 0.2) is 5.25 Å². The van der Waals surface area contributed by atoms with E-state index in [1.165, 1.54) is 24.3 Å². The first-order valence-corrected chi connectivity index (χ1v) is 7.05. The van der Waals surface area contributed by atoms with Gasteiger partial charge >= 0.3 is 5.97 Å². The third-order valence-electron chi connectivity index (χ3n) is 2.70. The molecule has 1 aliphatic rings. The number of hydrogen-bond donors (Lipinski definition) is 2. The topological polar surface area (TPSA) is 138 Å². The van der Waals surface area contributed by atoms with Gasteiger partial charge in [-0.1, -0.05) is 0 Å². The van der Waals surface area contributed by atoms with E-state index < -0.39 is 39.6 Å². The minimum atomic E-state index is -4.76. The Bertz CT molecular complexity index is 708. The SMILES string of the molecule is O=C(ON1C(=O)C[C@@H](S(=O)(=O)O)C1=O)c1ccc(O)cc1. The first kappa shape index (κ1) is 14.9. The summed E-state index contributed by atoms with van der Waals surface area (Å²) in [6.07, 6.45) is -0.805. The summed E-state index contributed by atoms with van der Waals surface area (Å²) in [4.78, 5) is 39.3. The summed E-state index contributed by atoms with van der Waals surface area (Å²) in [5.41, 5.74) is -0.0660. The second-order valence-corrected chi connectivity index (χ2v) is 5.76. The Balaban J connectivity index is 2.16. The van der Waals surface area contributed by atoms with Crippen LogP contribution in [0.25, 0.3) is 0 Å². The Morgan fingerprint density at radius 1 is 1.24 bits per heavy atom. The maximum atomic E-state index is 11.7. The zero-order valence-electron chi connectivity index (χ0n) is 10.3. The van der Waals surface area contributed by atoms with E-state index in [4.69, 9.17) is 9.66 Å². The lowest BCUT2D eigenvalue weighted by atomic mass is 10.2. The fourth-order valence-electron chi connectivity index (χ4n) is 1.64. The van der Waals surface area contributed by atoms with Crippen LogP contribution >= 0.6 is 0 Å². The van der Waals surface area contributed by atoms with Crippen LogP contribution in [0.15, 0.2) is 24.3 Å². The number of rotatable bonds is 3. The van der Waals surface area contributed by atoms with E-state index in [9.17, 15) is 22.8 Å². The largest absolute Gasteiger partial charge is 0.508 e. The van der Waals surface area contributed by atoms with Crippen molar-refractivity contribution < 1.29 is 37.3 Å². The molecule has 0 aliphatic carbocycles. The summed E-state index contributed by atoms with van der Waals surface area (Å²) in [6, 6.07) is 4.74. The number of carbonyl (C=O) groups excluding carboxylic acids is 3. The predicted octanol–water partition coefficient (Wildman–Crippen LogP) is -0.521. The van der Waals surface area contributed by atoms with Crippen LogP contribution in [0.1, 0.15) is 16.8 Å². The first-order valence-electron chi connectivity index (χ1n) is 5.54. The van der Waals surface area contributed by atoms with Gasteiger partial charge in [0.05, 0.1) is 12.0 Å². The van der Waals surface area contributed by atoms with Crippen molar-refractivity contribution in [3.8, 4) is 5.75 Å². The van der Waals surface area contributed by atoms with E-state index in [-0.39, 0.29) is 16.4 Å². The number of nitrogens with zero attached hydrogens (tertiary/aromatic N) is 1. The average Bonchev–Trinajstić information content (AvgIpc) is 2.67. The molecule has 1 fully saturated rings. The molecular weight excluding hydrogens is 306 g/mol. The molecule has 1 saturated heterocycles. The smallest absolute Gasteiger partial charge is 0.363 e. The van der Waals surface area contributed by atoms with Crippen LogP contribution < -0.4 is 0 Å². The number of hydrogen-bond acceptors (Lipinski definition) is 7. The van der Waals surface area contributed by atoms with Gasteiger partial charge in [0.2, 0.25) is 0 Å². The molecule has 0 spiro atoms. The highest BCUT2D eigenvalue weighted by Gasteiger charge is 2.48. The van der Waals surface area contributed by atoms with Crippen LogP contribution in [0, 0.1) is 0 Å². The summed E-state index contributed by atoms with van der Waals surface area (Å²) in [6.45, 7) is 0. The summed E-state index contributed by atoms with van der Waals surface area (Å²) in [5, 5.41) is 7.10. The van der Waals surface area contributed by atoms with Crippen molar-refractivity contribution >= 4 is 27.9 Å². The fraction of sp³-hybridized carbons (Fsp3) is 0.182. The van der Waals surface area contributed by atoms with Crippen LogP contribution in [0.2, 0.25) is 0 Å². The number of hydroxylamine groups is 2. The first-order chi connectivity index (χ1) is 9.70. The van der Waals surface area contributed by atoms with E-state index in [1.807, 2.05) is 0 Å². The summed E-state index contributed by atoms with van der Waals surface area (Å²) in [5.74, 6) is -3.59. The Morgan fingerprint density at radius 2 is 1.81 bits per heavy atom. The molecule has 21 heavy (non-hydrogen) atoms. The van der Waals surface area contributed by atoms with E-state index in [2.05, 4.69) is 4.84 Å². The number of phenolic OH excluding ortho intramolecular Hbond substituents is 1. The van der Waals surface area contributed by atoms with E-state index in [0.717, 1.165) is 0 Å². The van der Waals surface area contributed by atoms with E-state index in [0.29, 0.717) is 0 Å². The van der Waals surface area contributed by atoms with Gasteiger partial charge in [-0.3, -0.25) is 14.1 Å². The molecule has 9 nitrogen and oxygen atoms in total. The highest BCUT2D eigenvalue weighted by Crippen LogP contribution is 2.21. The maximum absolute atomic E-state index is 11.7. The van der Waals surface area contributed by atoms with Gasteiger partial charge in [0.1, 0.15) is 5.75 Å². The quantitative estimate of drug-likeness (QED) is 0.561. The Hall–Kier alpha value is -2.46. The van der Waals surface area contributed by atoms with Crippen LogP contribution in [-0.2, 0) is 24.5 Å². The Morgan fingerprint density at radius 3 is 2.29 bits per heavy atom. The minimum absolute atomic E-state index is 0.00757.